The highest BCUT2D eigenvalue weighted by Gasteiger charge is 2.19. The van der Waals surface area contributed by atoms with E-state index in [0.717, 1.165) is 52.6 Å². The molecule has 1 aromatic heterocycles. The fraction of sp³-hybridized carbons (Fsp3) is 0.367. The van der Waals surface area contributed by atoms with Crippen molar-refractivity contribution < 1.29 is 19.4 Å². The second kappa shape index (κ2) is 23.8. The van der Waals surface area contributed by atoms with Crippen molar-refractivity contribution in [2.45, 2.75) is 122 Å². The number of pyridine rings is 1. The Bertz CT molecular complexity index is 2330. The van der Waals surface area contributed by atoms with Gasteiger partial charge in [-0.2, -0.15) is 0 Å². The maximum absolute atomic E-state index is 14.0. The average Bonchev–Trinajstić information content (AvgIpc) is 3.22. The Hall–Kier alpha value is -5.99. The van der Waals surface area contributed by atoms with E-state index in [1.807, 2.05) is 93.6 Å². The third-order valence-corrected chi connectivity index (χ3v) is 10.2. The van der Waals surface area contributed by atoms with Gasteiger partial charge in [0.1, 0.15) is 23.1 Å². The van der Waals surface area contributed by atoms with Gasteiger partial charge in [0.2, 0.25) is 0 Å². The zero-order chi connectivity index (χ0) is 48.6. The molecular weight excluding hydrogens is 802 g/mol. The van der Waals surface area contributed by atoms with E-state index in [-0.39, 0.29) is 39.7 Å². The number of phenolic OH excluding ortho intramolecular Hbond substituents is 2. The molecule has 1 heterocycles. The Kier molecular flexibility index (Phi) is 19.5. The number of terminal acetylenes is 1. The number of hydrogen-bond acceptors (Lipinski definition) is 4. The Morgan fingerprint density at radius 1 is 0.569 bits per heavy atom. The Balaban J connectivity index is 0.000000238. The minimum absolute atomic E-state index is 0.0663. The molecule has 0 bridgehead atoms. The van der Waals surface area contributed by atoms with Crippen molar-refractivity contribution in [3.8, 4) is 57.4 Å². The normalized spacial score (nSPS) is 11.4. The van der Waals surface area contributed by atoms with Gasteiger partial charge in [-0.1, -0.05) is 205 Å². The summed E-state index contributed by atoms with van der Waals surface area (Å²) in [6.07, 6.45) is 10.4. The Morgan fingerprint density at radius 3 is 1.52 bits per heavy atom. The lowest BCUT2D eigenvalue weighted by Crippen LogP contribution is -2.18. The van der Waals surface area contributed by atoms with Crippen LogP contribution < -0.4 is 0 Å². The van der Waals surface area contributed by atoms with Crippen LogP contribution in [0.5, 0.6) is 11.5 Å². The standard InChI is InChI=1S/C19H24O.C17H20O.C16H18FN.C8H12O/c1-5-14-6-9-16(10-7-14)17-11-8-15(12-18(17)20)13-19(2,3)4;1-17(2,3)12-15-10-9-14(11-16(15)18)13-7-5-4-6-8-13;1-16(2,3)10-13-11-18-15(9-14(13)17)12-7-5-4-6-8-12;1-5-6-7(9)8(2,3)4/h6-12,20H,5,13H2,1-4H3;4-11,18H,12H2,1-3H3;4-9,11H,10H2,1-3H3;1H,6H2,2-4H3. The van der Waals surface area contributed by atoms with Crippen LogP contribution in [0.15, 0.2) is 134 Å². The molecule has 2 N–H and O–H groups in total. The molecule has 344 valence electrons. The van der Waals surface area contributed by atoms with Gasteiger partial charge in [0.15, 0.2) is 0 Å². The van der Waals surface area contributed by atoms with Gasteiger partial charge in [-0.05, 0) is 87.4 Å². The van der Waals surface area contributed by atoms with Gasteiger partial charge in [0.05, 0.1) is 12.1 Å². The summed E-state index contributed by atoms with van der Waals surface area (Å²) in [6, 6.07) is 41.7. The number of rotatable bonds is 8. The monoisotopic (exact) mass is 876 g/mol. The number of halogens is 1. The van der Waals surface area contributed by atoms with E-state index < -0.39 is 0 Å². The number of carbonyl (C=O) groups excluding carboxylic acids is 1. The maximum Gasteiger partial charge on any atom is 0.150 e. The summed E-state index contributed by atoms with van der Waals surface area (Å²) in [5, 5.41) is 20.4. The minimum atomic E-state index is -0.271. The van der Waals surface area contributed by atoms with E-state index >= 15 is 0 Å². The van der Waals surface area contributed by atoms with E-state index in [1.54, 1.807) is 6.20 Å². The molecule has 0 atom stereocenters. The van der Waals surface area contributed by atoms with Crippen molar-refractivity contribution in [2.24, 2.45) is 21.7 Å². The topological polar surface area (TPSA) is 70.4 Å². The molecule has 0 fully saturated rings. The van der Waals surface area contributed by atoms with Crippen molar-refractivity contribution in [1.82, 2.24) is 4.98 Å². The predicted octanol–water partition coefficient (Wildman–Crippen LogP) is 16.0. The fourth-order valence-electron chi connectivity index (χ4n) is 6.84. The lowest BCUT2D eigenvalue weighted by Gasteiger charge is -2.19. The minimum Gasteiger partial charge on any atom is -0.508 e. The van der Waals surface area contributed by atoms with Crippen LogP contribution in [0, 0.1) is 39.8 Å². The van der Waals surface area contributed by atoms with Crippen LogP contribution in [0.2, 0.25) is 0 Å². The Morgan fingerprint density at radius 2 is 1.08 bits per heavy atom. The quantitative estimate of drug-likeness (QED) is 0.149. The number of ketones is 1. The van der Waals surface area contributed by atoms with Crippen LogP contribution in [-0.4, -0.2) is 21.0 Å². The van der Waals surface area contributed by atoms with Gasteiger partial charge < -0.3 is 10.2 Å². The predicted molar refractivity (Wildman–Crippen MR) is 273 cm³/mol. The van der Waals surface area contributed by atoms with Crippen LogP contribution >= 0.6 is 0 Å². The maximum atomic E-state index is 14.0. The first kappa shape index (κ1) is 53.3. The molecular formula is C60H74FNO3. The first-order valence-corrected chi connectivity index (χ1v) is 22.7. The summed E-state index contributed by atoms with van der Waals surface area (Å²) < 4.78 is 14.0. The molecule has 0 radical (unpaired) electrons. The number of carbonyl (C=O) groups is 1. The van der Waals surface area contributed by atoms with Gasteiger partial charge in [-0.25, -0.2) is 4.39 Å². The molecule has 4 nitrogen and oxygen atoms in total. The fourth-order valence-corrected chi connectivity index (χ4v) is 6.84. The number of phenols is 2. The lowest BCUT2D eigenvalue weighted by molar-refractivity contribution is -0.125. The molecule has 6 rings (SSSR count). The van der Waals surface area contributed by atoms with E-state index in [0.29, 0.717) is 29.2 Å². The van der Waals surface area contributed by atoms with Gasteiger partial charge in [0.25, 0.3) is 0 Å². The van der Waals surface area contributed by atoms with E-state index in [2.05, 4.69) is 129 Å². The third-order valence-electron chi connectivity index (χ3n) is 10.2. The highest BCUT2D eigenvalue weighted by Crippen LogP contribution is 2.33. The van der Waals surface area contributed by atoms with Crippen molar-refractivity contribution >= 4 is 5.78 Å². The second-order valence-corrected chi connectivity index (χ2v) is 21.4. The molecule has 0 aliphatic heterocycles. The first-order valence-electron chi connectivity index (χ1n) is 22.7. The van der Waals surface area contributed by atoms with Gasteiger partial charge in [-0.15, -0.1) is 6.42 Å². The second-order valence-electron chi connectivity index (χ2n) is 21.4. The zero-order valence-corrected chi connectivity index (χ0v) is 41.4. The summed E-state index contributed by atoms with van der Waals surface area (Å²) in [7, 11) is 0. The first-order chi connectivity index (χ1) is 30.3. The smallest absolute Gasteiger partial charge is 0.150 e. The molecule has 65 heavy (non-hydrogen) atoms. The number of aryl methyl sites for hydroxylation is 1. The number of aromatic hydroxyl groups is 2. The SMILES string of the molecule is C#CCC(=O)C(C)(C)C.CC(C)(C)Cc1ccc(-c2ccccc2)cc1O.CC(C)(C)Cc1cnc(-c2ccccc2)cc1F.CCc1ccc(-c2ccc(CC(C)(C)C)cc2O)cc1. The number of hydrogen-bond donors (Lipinski definition) is 2. The molecule has 5 heteroatoms. The summed E-state index contributed by atoms with van der Waals surface area (Å²) >= 11 is 0. The molecule has 0 spiro atoms. The largest absolute Gasteiger partial charge is 0.508 e. The molecule has 0 aliphatic rings. The molecule has 0 unspecified atom stereocenters. The summed E-state index contributed by atoms with van der Waals surface area (Å²) in [5.41, 5.74) is 10.2. The number of aromatic nitrogens is 1. The number of Topliss-reactive ketones (excluding diaryl/α,β-unsaturated/α-hetero) is 1. The molecule has 0 saturated heterocycles. The number of nitrogens with zero attached hydrogens (tertiary/aromatic N) is 1. The highest BCUT2D eigenvalue weighted by molar-refractivity contribution is 5.85. The summed E-state index contributed by atoms with van der Waals surface area (Å²) in [5.74, 6) is 3.05. The van der Waals surface area contributed by atoms with Crippen LogP contribution in [0.3, 0.4) is 0 Å². The third kappa shape index (κ3) is 19.3. The molecule has 6 aromatic rings. The van der Waals surface area contributed by atoms with Gasteiger partial charge in [-0.3, -0.25) is 9.78 Å². The van der Waals surface area contributed by atoms with Crippen molar-refractivity contribution in [3.05, 3.63) is 162 Å². The average molecular weight is 876 g/mol. The summed E-state index contributed by atoms with van der Waals surface area (Å²) in [4.78, 5) is 15.3. The molecule has 0 amide bonds. The van der Waals surface area contributed by atoms with Crippen molar-refractivity contribution in [3.63, 3.8) is 0 Å². The van der Waals surface area contributed by atoms with Crippen LogP contribution in [0.1, 0.15) is 119 Å². The lowest BCUT2D eigenvalue weighted by atomic mass is 9.87. The zero-order valence-electron chi connectivity index (χ0n) is 41.4. The highest BCUT2D eigenvalue weighted by atomic mass is 19.1. The Labute approximate surface area is 391 Å². The molecule has 5 aromatic carbocycles. The van der Waals surface area contributed by atoms with Crippen molar-refractivity contribution in [2.75, 3.05) is 0 Å². The summed E-state index contributed by atoms with van der Waals surface area (Å²) in [6.45, 7) is 27.2. The van der Waals surface area contributed by atoms with E-state index in [9.17, 15) is 19.4 Å². The van der Waals surface area contributed by atoms with Crippen molar-refractivity contribution in [1.29, 1.82) is 0 Å². The molecule has 0 aliphatic carbocycles. The van der Waals surface area contributed by atoms with Crippen LogP contribution in [0.25, 0.3) is 33.5 Å². The van der Waals surface area contributed by atoms with Crippen LogP contribution in [0.4, 0.5) is 4.39 Å². The van der Waals surface area contributed by atoms with Gasteiger partial charge >= 0.3 is 0 Å². The van der Waals surface area contributed by atoms with Crippen LogP contribution in [-0.2, 0) is 30.5 Å². The molecule has 0 saturated carbocycles. The van der Waals surface area contributed by atoms with E-state index in [1.165, 1.54) is 17.2 Å². The van der Waals surface area contributed by atoms with Gasteiger partial charge in [0, 0.05) is 34.4 Å². The number of benzene rings is 5. The van der Waals surface area contributed by atoms with E-state index in [4.69, 9.17) is 6.42 Å².